The highest BCUT2D eigenvalue weighted by Crippen LogP contribution is 2.32. The Labute approximate surface area is 610 Å². The van der Waals surface area contributed by atoms with Crippen LogP contribution in [0.15, 0.2) is 140 Å². The van der Waals surface area contributed by atoms with Crippen molar-refractivity contribution in [2.75, 3.05) is 95.5 Å². The number of hydrogen-bond acceptors (Lipinski definition) is 16. The summed E-state index contributed by atoms with van der Waals surface area (Å²) in [5, 5.41) is 29.6. The van der Waals surface area contributed by atoms with Crippen LogP contribution in [0.5, 0.6) is 23.1 Å². The van der Waals surface area contributed by atoms with Crippen molar-refractivity contribution in [2.45, 2.75) is 171 Å². The minimum absolute atomic E-state index is 0.0183. The number of nitrogens with one attached hydrogen (secondary N) is 4. The summed E-state index contributed by atoms with van der Waals surface area (Å²) in [4.78, 5) is 17.3. The molecule has 0 aliphatic carbocycles. The van der Waals surface area contributed by atoms with Gasteiger partial charge in [0.15, 0.2) is 0 Å². The number of benzene rings is 4. The van der Waals surface area contributed by atoms with Crippen molar-refractivity contribution in [1.29, 1.82) is 0 Å². The summed E-state index contributed by atoms with van der Waals surface area (Å²) < 4.78 is 33.8. The number of H-pyrrole nitrogens is 4. The van der Waals surface area contributed by atoms with E-state index in [0.717, 1.165) is 115 Å². The normalized spacial score (nSPS) is 12.1. The predicted octanol–water partition coefficient (Wildman–Crippen LogP) is 17.2. The quantitative estimate of drug-likeness (QED) is 0.0281. The molecule has 4 N–H and O–H groups in total. The summed E-state index contributed by atoms with van der Waals surface area (Å²) in [7, 11) is 13.8. The van der Waals surface area contributed by atoms with Crippen molar-refractivity contribution in [3.05, 3.63) is 168 Å². The molecule has 0 fully saturated rings. The van der Waals surface area contributed by atoms with Crippen LogP contribution < -0.4 is 14.2 Å². The molecule has 2 atom stereocenters. The molecular formula is C82H122N14O6. The third-order valence-corrected chi connectivity index (χ3v) is 17.6. The molecule has 9 rings (SSSR count). The Morgan fingerprint density at radius 1 is 0.441 bits per heavy atom. The van der Waals surface area contributed by atoms with Gasteiger partial charge in [-0.2, -0.15) is 20.4 Å². The standard InChI is InChI=1S/C22H35N3O2.C21H33N3O2.C20H31N3O.C19H23N5O/c1-6-7-12-25(4)15-19-14-23-24-22(19)18-8-10-20(11-9-18)27-21(16-26-5)13-17(2)3;1-6-7-12-24(4)14-18-13-22-23-21(18)17-8-10-19(11-9-17)26-20(15-25-5)16(2)3;1-6-7-12-23(4)14-17-13-21-22-19(17)16-8-10-18(11-9-16)20(2,3)15-24-5;1-3-4-11-24(2)13-16-12-22-23-19(16)15-5-7-17(8-6-15)25-18-9-10-20-14-21-18/h8-11,14,17,21H,6-7,12-13,15-16H2,1-5H3,(H,23,24);8-11,13,16,20H,6-7,12,14-15H2,1-5H3,(H,22,23);8-11,13H,6-7,12,14-15H2,1-5H3,(H,21,22);5-10,12,14H,3-4,11,13H2,1-2H3,(H,22,23). The number of methoxy groups -OCH3 is 3. The molecule has 0 aliphatic heterocycles. The Kier molecular flexibility index (Phi) is 36.7. The van der Waals surface area contributed by atoms with E-state index in [2.05, 4.69) is 216 Å². The SMILES string of the molecule is CCCCN(C)Cc1cn[nH]c1-c1ccc(C(C)(C)COC)cc1.CCCCN(C)Cc1cn[nH]c1-c1ccc(OC(COC)C(C)C)cc1.CCCCN(C)Cc1cn[nH]c1-c1ccc(OC(COC)CC(C)C)cc1.CCCCN(C)Cc1cn[nH]c1-c1ccc(Oc2ccncn2)cc1. The Hall–Kier alpha value is -8.08. The van der Waals surface area contributed by atoms with Crippen LogP contribution in [0, 0.1) is 11.8 Å². The van der Waals surface area contributed by atoms with Gasteiger partial charge in [-0.1, -0.05) is 119 Å². The van der Waals surface area contributed by atoms with E-state index in [4.69, 9.17) is 28.4 Å². The second kappa shape index (κ2) is 45.1. The first-order valence-corrected chi connectivity index (χ1v) is 36.8. The molecule has 5 aromatic heterocycles. The second-order valence-corrected chi connectivity index (χ2v) is 28.2. The van der Waals surface area contributed by atoms with E-state index in [1.54, 1.807) is 33.6 Å². The first-order valence-electron chi connectivity index (χ1n) is 36.8. The molecule has 556 valence electrons. The van der Waals surface area contributed by atoms with E-state index < -0.39 is 0 Å². The highest BCUT2D eigenvalue weighted by atomic mass is 16.5. The molecule has 4 aromatic carbocycles. The Bertz CT molecular complexity index is 3630. The Balaban J connectivity index is 0.000000214. The van der Waals surface area contributed by atoms with Crippen LogP contribution in [-0.4, -0.2) is 178 Å². The average Bonchev–Trinajstić information content (AvgIpc) is 1.50. The molecule has 9 aromatic rings. The van der Waals surface area contributed by atoms with Gasteiger partial charge >= 0.3 is 0 Å². The third-order valence-electron chi connectivity index (χ3n) is 17.6. The monoisotopic (exact) mass is 1400 g/mol. The summed E-state index contributed by atoms with van der Waals surface area (Å²) >= 11 is 0. The molecule has 2 unspecified atom stereocenters. The lowest BCUT2D eigenvalue weighted by atomic mass is 9.85. The fraction of sp³-hybridized carbons (Fsp3) is 0.512. The van der Waals surface area contributed by atoms with E-state index in [0.29, 0.717) is 37.5 Å². The van der Waals surface area contributed by atoms with Gasteiger partial charge in [-0.15, -0.1) is 0 Å². The summed E-state index contributed by atoms with van der Waals surface area (Å²) in [6.45, 7) is 31.9. The van der Waals surface area contributed by atoms with Crippen LogP contribution >= 0.6 is 0 Å². The van der Waals surface area contributed by atoms with Gasteiger partial charge in [-0.3, -0.25) is 20.4 Å². The second-order valence-electron chi connectivity index (χ2n) is 28.2. The number of rotatable bonds is 40. The fourth-order valence-electron chi connectivity index (χ4n) is 11.8. The number of ether oxygens (including phenoxy) is 6. The summed E-state index contributed by atoms with van der Waals surface area (Å²) in [5.41, 5.74) is 15.1. The molecular weight excluding hydrogens is 1280 g/mol. The molecule has 102 heavy (non-hydrogen) atoms. The lowest BCUT2D eigenvalue weighted by Gasteiger charge is -2.24. The van der Waals surface area contributed by atoms with Crippen LogP contribution in [-0.2, 0) is 45.8 Å². The molecule has 20 nitrogen and oxygen atoms in total. The smallest absolute Gasteiger partial charge is 0.222 e. The van der Waals surface area contributed by atoms with E-state index in [-0.39, 0.29) is 17.6 Å². The van der Waals surface area contributed by atoms with Gasteiger partial charge < -0.3 is 48.0 Å². The van der Waals surface area contributed by atoms with Gasteiger partial charge in [-0.05, 0) is 182 Å². The molecule has 0 bridgehead atoms. The zero-order valence-electron chi connectivity index (χ0n) is 64.7. The highest BCUT2D eigenvalue weighted by Gasteiger charge is 2.22. The van der Waals surface area contributed by atoms with Gasteiger partial charge in [0.05, 0.1) is 67.4 Å². The first-order chi connectivity index (χ1) is 49.3. The van der Waals surface area contributed by atoms with Crippen molar-refractivity contribution in [2.24, 2.45) is 11.8 Å². The molecule has 0 amide bonds. The van der Waals surface area contributed by atoms with E-state index in [9.17, 15) is 0 Å². The van der Waals surface area contributed by atoms with E-state index in [1.807, 2.05) is 73.3 Å². The van der Waals surface area contributed by atoms with Crippen molar-refractivity contribution < 1.29 is 28.4 Å². The molecule has 0 saturated heterocycles. The maximum atomic E-state index is 6.12. The summed E-state index contributed by atoms with van der Waals surface area (Å²) in [6, 6.07) is 34.9. The number of unbranched alkanes of at least 4 members (excludes halogenated alkanes) is 4. The van der Waals surface area contributed by atoms with Crippen LogP contribution in [0.25, 0.3) is 45.0 Å². The molecule has 0 saturated carbocycles. The molecule has 5 heterocycles. The van der Waals surface area contributed by atoms with Gasteiger partial charge in [0.2, 0.25) is 5.88 Å². The summed E-state index contributed by atoms with van der Waals surface area (Å²) in [5.74, 6) is 3.98. The Morgan fingerprint density at radius 2 is 0.804 bits per heavy atom. The molecule has 0 radical (unpaired) electrons. The van der Waals surface area contributed by atoms with Gasteiger partial charge in [0, 0.05) is 104 Å². The maximum Gasteiger partial charge on any atom is 0.222 e. The first kappa shape index (κ1) is 82.9. The zero-order chi connectivity index (χ0) is 73.7. The van der Waals surface area contributed by atoms with Crippen molar-refractivity contribution in [3.8, 4) is 68.2 Å². The number of aromatic nitrogens is 10. The van der Waals surface area contributed by atoms with Crippen LogP contribution in [0.2, 0.25) is 0 Å². The summed E-state index contributed by atoms with van der Waals surface area (Å²) in [6.07, 6.45) is 21.7. The van der Waals surface area contributed by atoms with Crippen molar-refractivity contribution in [1.82, 2.24) is 70.4 Å². The largest absolute Gasteiger partial charge is 0.488 e. The van der Waals surface area contributed by atoms with Crippen molar-refractivity contribution in [3.63, 3.8) is 0 Å². The number of hydrogen-bond donors (Lipinski definition) is 4. The third kappa shape index (κ3) is 28.3. The van der Waals surface area contributed by atoms with Crippen LogP contribution in [0.1, 0.15) is 155 Å². The molecule has 0 aliphatic rings. The van der Waals surface area contributed by atoms with E-state index >= 15 is 0 Å². The predicted molar refractivity (Wildman–Crippen MR) is 415 cm³/mol. The lowest BCUT2D eigenvalue weighted by molar-refractivity contribution is 0.0530. The minimum atomic E-state index is 0.0183. The van der Waals surface area contributed by atoms with E-state index in [1.165, 1.54) is 91.1 Å². The zero-order valence-corrected chi connectivity index (χ0v) is 64.7. The van der Waals surface area contributed by atoms with Crippen LogP contribution in [0.3, 0.4) is 0 Å². The average molecular weight is 1400 g/mol. The number of nitrogens with zero attached hydrogens (tertiary/aromatic N) is 10. The lowest BCUT2D eigenvalue weighted by Crippen LogP contribution is -2.28. The van der Waals surface area contributed by atoms with Crippen LogP contribution in [0.4, 0.5) is 0 Å². The maximum absolute atomic E-state index is 6.12. The van der Waals surface area contributed by atoms with Gasteiger partial charge in [-0.25, -0.2) is 9.97 Å². The minimum Gasteiger partial charge on any atom is -0.488 e. The van der Waals surface area contributed by atoms with Gasteiger partial charge in [0.25, 0.3) is 0 Å². The topological polar surface area (TPSA) is 209 Å². The molecule has 0 spiro atoms. The van der Waals surface area contributed by atoms with Crippen molar-refractivity contribution >= 4 is 0 Å². The molecule has 20 heteroatoms. The van der Waals surface area contributed by atoms with Gasteiger partial charge in [0.1, 0.15) is 35.8 Å². The highest BCUT2D eigenvalue weighted by molar-refractivity contribution is 5.66. The Morgan fingerprint density at radius 3 is 1.13 bits per heavy atom. The number of aromatic amines is 4. The fourth-order valence-corrected chi connectivity index (χ4v) is 11.8.